The monoisotopic (exact) mass is 615 g/mol. The van der Waals surface area contributed by atoms with Gasteiger partial charge in [-0.3, -0.25) is 0 Å². The van der Waals surface area contributed by atoms with Gasteiger partial charge in [0.15, 0.2) is 0 Å². The number of rotatable bonds is 4. The average Bonchev–Trinajstić information content (AvgIpc) is 3.43. The molecule has 185 valence electrons. The summed E-state index contributed by atoms with van der Waals surface area (Å²) in [6.07, 6.45) is 5.77. The third-order valence-corrected chi connectivity index (χ3v) is 6.88. The van der Waals surface area contributed by atoms with Gasteiger partial charge in [0, 0.05) is 15.4 Å². The molecule has 0 nitrogen and oxygen atoms in total. The summed E-state index contributed by atoms with van der Waals surface area (Å²) >= 11 is 0. The molecular weight excluding hydrogens is 587 g/mol. The van der Waals surface area contributed by atoms with Crippen LogP contribution in [0.4, 0.5) is 0 Å². The Labute approximate surface area is 256 Å². The SMILES string of the molecule is CCCC1=Cc2c(-c3ccccc3)cccc2C1c1[c-]ccc2c1Cc1ccccc1-2.C[Si]C.[Cl-].[Cl-].[Zr+3]. The summed E-state index contributed by atoms with van der Waals surface area (Å²) in [5, 5.41) is 0. The molecule has 3 radical (unpaired) electrons. The van der Waals surface area contributed by atoms with Crippen molar-refractivity contribution in [3.63, 3.8) is 0 Å². The summed E-state index contributed by atoms with van der Waals surface area (Å²) in [7, 11) is 1.08. The van der Waals surface area contributed by atoms with Gasteiger partial charge in [0.1, 0.15) is 0 Å². The van der Waals surface area contributed by atoms with E-state index in [1.807, 2.05) is 0 Å². The van der Waals surface area contributed by atoms with Crippen LogP contribution in [-0.4, -0.2) is 9.52 Å². The molecule has 4 aromatic carbocycles. The Morgan fingerprint density at radius 1 is 0.811 bits per heavy atom. The Morgan fingerprint density at radius 3 is 2.22 bits per heavy atom. The molecule has 6 rings (SSSR count). The molecule has 0 bridgehead atoms. The molecule has 0 aliphatic heterocycles. The van der Waals surface area contributed by atoms with E-state index >= 15 is 0 Å². The zero-order chi connectivity index (χ0) is 23.5. The number of benzene rings is 4. The van der Waals surface area contributed by atoms with E-state index in [1.54, 1.807) is 0 Å². The van der Waals surface area contributed by atoms with Gasteiger partial charge in [-0.25, -0.2) is 0 Å². The van der Waals surface area contributed by atoms with E-state index in [4.69, 9.17) is 0 Å². The maximum atomic E-state index is 3.69. The minimum absolute atomic E-state index is 0. The third-order valence-electron chi connectivity index (χ3n) is 6.88. The van der Waals surface area contributed by atoms with Crippen LogP contribution in [-0.2, 0) is 32.6 Å². The Balaban J connectivity index is 0.000000767. The van der Waals surface area contributed by atoms with Crippen LogP contribution >= 0.6 is 0 Å². The van der Waals surface area contributed by atoms with Gasteiger partial charge in [-0.1, -0.05) is 111 Å². The van der Waals surface area contributed by atoms with Crippen LogP contribution in [0.1, 0.15) is 53.5 Å². The molecular formula is C33H31Cl2SiZr. The van der Waals surface area contributed by atoms with Gasteiger partial charge in [0.05, 0.1) is 0 Å². The van der Waals surface area contributed by atoms with Gasteiger partial charge in [0.2, 0.25) is 0 Å². The summed E-state index contributed by atoms with van der Waals surface area (Å²) in [6.45, 7) is 6.59. The van der Waals surface area contributed by atoms with E-state index < -0.39 is 0 Å². The first-order chi connectivity index (χ1) is 16.8. The quantitative estimate of drug-likeness (QED) is 0.215. The van der Waals surface area contributed by atoms with Crippen LogP contribution in [0.5, 0.6) is 0 Å². The Morgan fingerprint density at radius 2 is 1.49 bits per heavy atom. The fourth-order valence-electron chi connectivity index (χ4n) is 5.56. The molecule has 0 saturated heterocycles. The molecule has 2 aliphatic rings. The number of hydrogen-bond acceptors (Lipinski definition) is 0. The molecule has 4 aromatic rings. The molecule has 0 heterocycles. The number of halogens is 2. The molecule has 0 amide bonds. The van der Waals surface area contributed by atoms with Crippen LogP contribution in [0.25, 0.3) is 28.3 Å². The first-order valence-corrected chi connectivity index (χ1v) is 14.4. The number of allylic oxidation sites excluding steroid dienone is 1. The third kappa shape index (κ3) is 6.15. The molecule has 0 saturated carbocycles. The topological polar surface area (TPSA) is 0 Å². The molecule has 0 N–H and O–H groups in total. The zero-order valence-electron chi connectivity index (χ0n) is 21.6. The summed E-state index contributed by atoms with van der Waals surface area (Å²) < 4.78 is 0. The van der Waals surface area contributed by atoms with E-state index in [-0.39, 0.29) is 51.0 Å². The second-order valence-corrected chi connectivity index (χ2v) is 10.2. The van der Waals surface area contributed by atoms with Crippen molar-refractivity contribution in [3.8, 4) is 22.3 Å². The summed E-state index contributed by atoms with van der Waals surface area (Å²) in [5.74, 6) is 0.308. The molecule has 37 heavy (non-hydrogen) atoms. The van der Waals surface area contributed by atoms with Crippen LogP contribution in [0, 0.1) is 6.07 Å². The molecule has 2 aliphatic carbocycles. The first-order valence-electron chi connectivity index (χ1n) is 12.4. The van der Waals surface area contributed by atoms with Crippen molar-refractivity contribution >= 4 is 15.6 Å². The van der Waals surface area contributed by atoms with Crippen LogP contribution in [0.3, 0.4) is 0 Å². The van der Waals surface area contributed by atoms with Crippen molar-refractivity contribution in [1.82, 2.24) is 0 Å². The van der Waals surface area contributed by atoms with Crippen molar-refractivity contribution in [3.05, 3.63) is 124 Å². The molecule has 4 heteroatoms. The number of fused-ring (bicyclic) bond motifs is 4. The van der Waals surface area contributed by atoms with Crippen molar-refractivity contribution < 1.29 is 51.0 Å². The standard InChI is InChI=1S/C31H25.C2H6Si.2ClH.Zr/c1-2-10-23-20-29-24(21-11-4-3-5-12-21)15-8-17-27(29)31(23)28-18-9-16-26-25-14-7-6-13-22(25)19-30(26)28;1-3-2;;;/h3-9,11-17,20,31H,2,10,19H2,1H3;1-2H3;2*1H;/q-1;;;;+3/p-2. The maximum Gasteiger partial charge on any atom is 3.00 e. The van der Waals surface area contributed by atoms with Crippen molar-refractivity contribution in [2.45, 2.75) is 45.2 Å². The predicted molar refractivity (Wildman–Crippen MR) is 148 cm³/mol. The number of hydrogen-bond donors (Lipinski definition) is 0. The average molecular weight is 618 g/mol. The van der Waals surface area contributed by atoms with Crippen molar-refractivity contribution in [2.75, 3.05) is 0 Å². The second kappa shape index (κ2) is 14.5. The van der Waals surface area contributed by atoms with E-state index in [0.717, 1.165) is 28.8 Å². The van der Waals surface area contributed by atoms with Gasteiger partial charge in [-0.05, 0) is 46.2 Å². The van der Waals surface area contributed by atoms with Gasteiger partial charge < -0.3 is 24.8 Å². The molecule has 0 spiro atoms. The zero-order valence-corrected chi connectivity index (χ0v) is 26.6. The fraction of sp³-hybridized carbons (Fsp3) is 0.212. The first kappa shape index (κ1) is 31.5. The molecule has 0 fully saturated rings. The van der Waals surface area contributed by atoms with Gasteiger partial charge in [-0.15, -0.1) is 16.7 Å². The van der Waals surface area contributed by atoms with E-state index in [1.165, 1.54) is 55.6 Å². The van der Waals surface area contributed by atoms with E-state index in [0.29, 0.717) is 5.92 Å². The predicted octanol–water partition coefficient (Wildman–Crippen LogP) is 2.85. The van der Waals surface area contributed by atoms with Crippen molar-refractivity contribution in [1.29, 1.82) is 0 Å². The molecule has 0 aromatic heterocycles. The summed E-state index contributed by atoms with van der Waals surface area (Å²) in [6, 6.07) is 34.6. The van der Waals surface area contributed by atoms with Gasteiger partial charge in [-0.2, -0.15) is 18.2 Å². The molecule has 1 unspecified atom stereocenters. The minimum Gasteiger partial charge on any atom is -1.00 e. The van der Waals surface area contributed by atoms with Gasteiger partial charge in [0.25, 0.3) is 0 Å². The Bertz CT molecular complexity index is 1350. The Kier molecular flexibility index (Phi) is 12.3. The normalized spacial score (nSPS) is 13.8. The largest absolute Gasteiger partial charge is 3.00 e. The molecule has 1 atom stereocenters. The fourth-order valence-corrected chi connectivity index (χ4v) is 5.56. The van der Waals surface area contributed by atoms with E-state index in [9.17, 15) is 0 Å². The smallest absolute Gasteiger partial charge is 1.00 e. The van der Waals surface area contributed by atoms with Crippen molar-refractivity contribution in [2.24, 2.45) is 0 Å². The Hall–Kier alpha value is -1.70. The van der Waals surface area contributed by atoms with Crippen LogP contribution in [0.15, 0.2) is 90.5 Å². The van der Waals surface area contributed by atoms with Gasteiger partial charge >= 0.3 is 26.2 Å². The van der Waals surface area contributed by atoms with E-state index in [2.05, 4.69) is 117 Å². The van der Waals surface area contributed by atoms with Crippen LogP contribution < -0.4 is 24.8 Å². The van der Waals surface area contributed by atoms with Crippen LogP contribution in [0.2, 0.25) is 13.1 Å². The summed E-state index contributed by atoms with van der Waals surface area (Å²) in [5.41, 5.74) is 14.1. The minimum atomic E-state index is 0. The maximum absolute atomic E-state index is 3.69. The second-order valence-electron chi connectivity index (χ2n) is 9.19. The summed E-state index contributed by atoms with van der Waals surface area (Å²) in [4.78, 5) is 0.